The van der Waals surface area contributed by atoms with E-state index in [1.165, 1.54) is 57.6 Å². The van der Waals surface area contributed by atoms with Crippen LogP contribution in [-0.4, -0.2) is 61.2 Å². The fourth-order valence-electron chi connectivity index (χ4n) is 10.8. The minimum Gasteiger partial charge on any atom is -0.664 e. The minimum atomic E-state index is -0.472. The van der Waals surface area contributed by atoms with E-state index < -0.39 is 5.97 Å². The van der Waals surface area contributed by atoms with Crippen molar-refractivity contribution in [3.63, 3.8) is 0 Å². The molecule has 11 heteroatoms. The normalized spacial score (nSPS) is 15.9. The van der Waals surface area contributed by atoms with Crippen LogP contribution in [0, 0.1) is 24.7 Å². The van der Waals surface area contributed by atoms with Gasteiger partial charge in [0.1, 0.15) is 12.2 Å². The van der Waals surface area contributed by atoms with E-state index in [0.29, 0.717) is 53.5 Å². The van der Waals surface area contributed by atoms with Crippen LogP contribution in [0.25, 0.3) is 33.3 Å². The summed E-state index contributed by atoms with van der Waals surface area (Å²) in [4.78, 5) is 59.8. The topological polar surface area (TPSA) is 138 Å². The smallest absolute Gasteiger partial charge is 0.664 e. The molecule has 3 aromatic rings. The van der Waals surface area contributed by atoms with Gasteiger partial charge in [0.2, 0.25) is 22.8 Å². The van der Waals surface area contributed by atoms with Crippen LogP contribution in [0.2, 0.25) is 0 Å². The standard InChI is InChI=1S/C63H84N5O5.Mg/c1-13-48-43(8)52-36-54-45(10)50(29-30-58(69)73-34-32-42(7)26-20-25-41(6)24-19-23-40(5)22-18-21-39(3)4)61(67-54)51(35-59(70)72-12)62-60(63(71)64-33-31-47-27-16-15-17-28-47)46(11)55(68-62)38-57-49(14-2)44(9)53(66-57)37-56(48)65-52;/h13,15-17,27-28,32,36-41,45,50H,1,14,18-26,29-31,33-35H2,2-12H3,(H2-,64,65,66,67,68,71);/q-1;+2/p+1/b42-32+;. The maximum atomic E-state index is 14.7. The molecule has 8 bridgehead atoms. The molecule has 4 atom stereocenters. The molecule has 0 fully saturated rings. The number of aryl methyl sites for hydroxylation is 2. The number of esters is 2. The Kier molecular flexibility index (Phi) is 23.0. The summed E-state index contributed by atoms with van der Waals surface area (Å²) in [6, 6.07) is 16.2. The van der Waals surface area contributed by atoms with Crippen LogP contribution >= 0.6 is 0 Å². The van der Waals surface area contributed by atoms with E-state index in [1.807, 2.05) is 55.5 Å². The molecule has 2 aromatic heterocycles. The first-order chi connectivity index (χ1) is 35.0. The molecular formula is C63H85MgN5O5+2. The largest absolute Gasteiger partial charge is 2.00 e. The number of carbonyl (C=O) groups is 3. The van der Waals surface area contributed by atoms with Gasteiger partial charge in [-0.25, -0.2) is 9.97 Å². The zero-order chi connectivity index (χ0) is 52.8. The van der Waals surface area contributed by atoms with E-state index in [1.54, 1.807) is 0 Å². The molecule has 10 nitrogen and oxygen atoms in total. The van der Waals surface area contributed by atoms with Crippen LogP contribution in [0.5, 0.6) is 0 Å². The van der Waals surface area contributed by atoms with Crippen molar-refractivity contribution in [2.45, 2.75) is 171 Å². The second-order valence-electron chi connectivity index (χ2n) is 21.6. The molecule has 0 saturated heterocycles. The summed E-state index contributed by atoms with van der Waals surface area (Å²) >= 11 is 0. The fourth-order valence-corrected chi connectivity index (χ4v) is 10.8. The Balaban J connectivity index is 0.0000101. The van der Waals surface area contributed by atoms with E-state index in [2.05, 4.69) is 96.3 Å². The van der Waals surface area contributed by atoms with Crippen molar-refractivity contribution >= 4 is 74.2 Å². The molecule has 3 aliphatic heterocycles. The van der Waals surface area contributed by atoms with Crippen LogP contribution in [0.3, 0.4) is 0 Å². The molecule has 6 rings (SSSR count). The maximum Gasteiger partial charge on any atom is 2.00 e. The van der Waals surface area contributed by atoms with E-state index in [4.69, 9.17) is 19.4 Å². The van der Waals surface area contributed by atoms with Gasteiger partial charge in [0.25, 0.3) is 5.91 Å². The summed E-state index contributed by atoms with van der Waals surface area (Å²) in [7, 11) is 1.37. The first-order valence-electron chi connectivity index (χ1n) is 27.3. The number of H-pyrrole nitrogens is 2. The molecule has 0 spiro atoms. The number of methoxy groups -OCH3 is 1. The molecule has 3 aliphatic rings. The monoisotopic (exact) mass is 1020 g/mol. The van der Waals surface area contributed by atoms with Gasteiger partial charge >= 0.3 is 35.0 Å². The number of aromatic amines is 2. The van der Waals surface area contributed by atoms with Gasteiger partial charge in [-0.05, 0) is 119 Å². The number of amides is 1. The van der Waals surface area contributed by atoms with Gasteiger partial charge in [-0.3, -0.25) is 14.4 Å². The summed E-state index contributed by atoms with van der Waals surface area (Å²) in [5.74, 6) is 0.800. The number of ether oxygens (including phenoxy) is 2. The average molecular weight is 1020 g/mol. The molecule has 4 unspecified atom stereocenters. The molecule has 0 radical (unpaired) electrons. The molecule has 74 heavy (non-hydrogen) atoms. The van der Waals surface area contributed by atoms with Crippen molar-refractivity contribution in [3.8, 4) is 0 Å². The van der Waals surface area contributed by atoms with Gasteiger partial charge in [-0.2, -0.15) is 0 Å². The number of nitrogens with one attached hydrogen (secondary N) is 3. The predicted octanol–water partition coefficient (Wildman–Crippen LogP) is 12.3. The number of allylic oxidation sites excluding steroid dienone is 5. The number of hydrogen-bond donors (Lipinski definition) is 1. The van der Waals surface area contributed by atoms with Gasteiger partial charge in [-0.15, -0.1) is 22.4 Å². The number of rotatable bonds is 25. The number of fused-ring (bicyclic) bond motifs is 8. The molecule has 0 saturated carbocycles. The number of nitrogens with zero attached hydrogens (tertiary/aromatic N) is 2. The zero-order valence-electron chi connectivity index (χ0n) is 46.8. The van der Waals surface area contributed by atoms with E-state index in [9.17, 15) is 14.4 Å². The summed E-state index contributed by atoms with van der Waals surface area (Å²) < 4.78 is 11.2. The predicted molar refractivity (Wildman–Crippen MR) is 302 cm³/mol. The second-order valence-corrected chi connectivity index (χ2v) is 21.6. The number of carbonyl (C=O) groups excluding carboxylic acids is 3. The summed E-state index contributed by atoms with van der Waals surface area (Å²) in [6.45, 7) is 26.7. The Bertz CT molecular complexity index is 2760. The van der Waals surface area contributed by atoms with Crippen molar-refractivity contribution in [3.05, 3.63) is 129 Å². The molecule has 0 aliphatic carbocycles. The van der Waals surface area contributed by atoms with Gasteiger partial charge in [0.05, 0.1) is 19.1 Å². The van der Waals surface area contributed by atoms with Gasteiger partial charge in [0, 0.05) is 29.7 Å². The third-order valence-corrected chi connectivity index (χ3v) is 15.5. The SMILES string of the molecule is C=CC1=C(C)c2cc3[n-]c(c(CC(=O)OC)c4[nH+]c(cc5[n-]c(cc1[nH+]2)c(C)c5CC)C(C)=C4C(=O)NCCc1ccccc1)C(CCC(=O)OC/C=C(\C)CCCC(C)CCCC(C)CCCC(C)C)C3C.[Mg+2]. The van der Waals surface area contributed by atoms with Crippen LogP contribution in [0.1, 0.15) is 201 Å². The Morgan fingerprint density at radius 1 is 0.811 bits per heavy atom. The van der Waals surface area contributed by atoms with Crippen molar-refractivity contribution in [2.75, 3.05) is 20.3 Å². The molecule has 1 amide bonds. The van der Waals surface area contributed by atoms with E-state index in [-0.39, 0.29) is 66.2 Å². The van der Waals surface area contributed by atoms with Crippen molar-refractivity contribution in [2.24, 2.45) is 17.8 Å². The number of hydrogen-bond acceptors (Lipinski definition) is 5. The Labute approximate surface area is 459 Å². The zero-order valence-corrected chi connectivity index (χ0v) is 48.2. The van der Waals surface area contributed by atoms with Gasteiger partial charge in [0.15, 0.2) is 0 Å². The van der Waals surface area contributed by atoms with Crippen LogP contribution in [-0.2, 0) is 43.1 Å². The number of aromatic nitrogens is 4. The quantitative estimate of drug-likeness (QED) is 0.0507. The molecule has 3 N–H and O–H groups in total. The summed E-state index contributed by atoms with van der Waals surface area (Å²) in [6.07, 6.45) is 17.0. The maximum absolute atomic E-state index is 14.7. The first-order valence-corrected chi connectivity index (χ1v) is 27.3. The van der Waals surface area contributed by atoms with Crippen LogP contribution < -0.4 is 25.3 Å². The van der Waals surface area contributed by atoms with Gasteiger partial charge in [-0.1, -0.05) is 146 Å². The van der Waals surface area contributed by atoms with Gasteiger partial charge < -0.3 is 24.8 Å². The number of benzene rings is 1. The average Bonchev–Trinajstić information content (AvgIpc) is 4.05. The van der Waals surface area contributed by atoms with Crippen molar-refractivity contribution in [1.82, 2.24) is 15.3 Å². The Hall–Kier alpha value is -5.26. The van der Waals surface area contributed by atoms with Crippen LogP contribution in [0.15, 0.2) is 72.8 Å². The fraction of sp³-hybridized carbons (Fsp3) is 0.508. The van der Waals surface area contributed by atoms with E-state index >= 15 is 0 Å². The molecule has 1 aromatic carbocycles. The van der Waals surface area contributed by atoms with Crippen LogP contribution in [0.4, 0.5) is 0 Å². The summed E-state index contributed by atoms with van der Waals surface area (Å²) in [5, 5.41) is 3.19. The van der Waals surface area contributed by atoms with E-state index in [0.717, 1.165) is 92.6 Å². The third kappa shape index (κ3) is 15.7. The molecule has 392 valence electrons. The van der Waals surface area contributed by atoms with Crippen molar-refractivity contribution in [1.29, 1.82) is 0 Å². The van der Waals surface area contributed by atoms with Crippen molar-refractivity contribution < 1.29 is 33.8 Å². The minimum absolute atomic E-state index is 0. The second kappa shape index (κ2) is 28.6. The first kappa shape index (κ1) is 59.6. The Morgan fingerprint density at radius 2 is 1.47 bits per heavy atom. The molecular weight excluding hydrogens is 931 g/mol. The Morgan fingerprint density at radius 3 is 2.14 bits per heavy atom. The summed E-state index contributed by atoms with van der Waals surface area (Å²) in [5.41, 5.74) is 14.2. The third-order valence-electron chi connectivity index (χ3n) is 15.5. The molecule has 5 heterocycles.